The lowest BCUT2D eigenvalue weighted by Crippen LogP contribution is -2.31. The summed E-state index contributed by atoms with van der Waals surface area (Å²) < 4.78 is 11.1. The summed E-state index contributed by atoms with van der Waals surface area (Å²) in [6.45, 7) is 2.47. The van der Waals surface area contributed by atoms with E-state index in [1.807, 2.05) is 19.1 Å². The zero-order valence-corrected chi connectivity index (χ0v) is 16.3. The Hall–Kier alpha value is -2.48. The molecule has 2 aromatic heterocycles. The van der Waals surface area contributed by atoms with Gasteiger partial charge in [-0.2, -0.15) is 0 Å². The van der Waals surface area contributed by atoms with Gasteiger partial charge in [0.25, 0.3) is 5.22 Å². The van der Waals surface area contributed by atoms with Crippen LogP contribution in [0.3, 0.4) is 0 Å². The quantitative estimate of drug-likeness (QED) is 0.651. The molecule has 0 fully saturated rings. The van der Waals surface area contributed by atoms with E-state index in [1.165, 1.54) is 5.56 Å². The SMILES string of the molecule is CCSc1nc2ccc(NC(=O)N(C)Cc3noc4c3CCCC4)cc2o1. The van der Waals surface area contributed by atoms with Gasteiger partial charge in [-0.1, -0.05) is 23.8 Å². The van der Waals surface area contributed by atoms with Gasteiger partial charge in [0.05, 0.1) is 6.54 Å². The molecule has 1 aromatic carbocycles. The second-order valence-electron chi connectivity index (χ2n) is 6.62. The van der Waals surface area contributed by atoms with Crippen molar-refractivity contribution in [3.8, 4) is 0 Å². The van der Waals surface area contributed by atoms with Crippen molar-refractivity contribution in [1.29, 1.82) is 0 Å². The van der Waals surface area contributed by atoms with Gasteiger partial charge < -0.3 is 19.2 Å². The standard InChI is InChI=1S/C19H22N4O3S/c1-3-27-19-21-14-9-8-12(10-17(14)25-19)20-18(24)23(2)11-15-13-6-4-5-7-16(13)26-22-15/h8-10H,3-7,11H2,1-2H3,(H,20,24). The number of urea groups is 1. The number of nitrogens with zero attached hydrogens (tertiary/aromatic N) is 3. The number of benzene rings is 1. The molecular weight excluding hydrogens is 364 g/mol. The van der Waals surface area contributed by atoms with Crippen LogP contribution in [-0.2, 0) is 19.4 Å². The van der Waals surface area contributed by atoms with E-state index in [0.29, 0.717) is 23.0 Å². The van der Waals surface area contributed by atoms with Crippen molar-refractivity contribution in [2.75, 3.05) is 18.1 Å². The lowest BCUT2D eigenvalue weighted by molar-refractivity contribution is 0.219. The van der Waals surface area contributed by atoms with Gasteiger partial charge >= 0.3 is 6.03 Å². The molecule has 27 heavy (non-hydrogen) atoms. The third-order valence-electron chi connectivity index (χ3n) is 4.65. The van der Waals surface area contributed by atoms with Gasteiger partial charge in [0.15, 0.2) is 5.58 Å². The lowest BCUT2D eigenvalue weighted by Gasteiger charge is -2.18. The summed E-state index contributed by atoms with van der Waals surface area (Å²) in [4.78, 5) is 18.6. The van der Waals surface area contributed by atoms with Crippen molar-refractivity contribution >= 4 is 34.6 Å². The normalized spacial score (nSPS) is 13.6. The van der Waals surface area contributed by atoms with Crippen LogP contribution >= 0.6 is 11.8 Å². The molecule has 7 nitrogen and oxygen atoms in total. The number of rotatable bonds is 5. The maximum Gasteiger partial charge on any atom is 0.321 e. The first-order chi connectivity index (χ1) is 13.1. The highest BCUT2D eigenvalue weighted by Gasteiger charge is 2.21. The van der Waals surface area contributed by atoms with E-state index in [-0.39, 0.29) is 6.03 Å². The van der Waals surface area contributed by atoms with Crippen LogP contribution in [-0.4, -0.2) is 33.9 Å². The Morgan fingerprint density at radius 2 is 2.19 bits per heavy atom. The predicted molar refractivity (Wildman–Crippen MR) is 104 cm³/mol. The van der Waals surface area contributed by atoms with Crippen LogP contribution in [0.5, 0.6) is 0 Å². The number of aryl methyl sites for hydroxylation is 1. The highest BCUT2D eigenvalue weighted by molar-refractivity contribution is 7.99. The van der Waals surface area contributed by atoms with Crippen LogP contribution in [0.2, 0.25) is 0 Å². The number of anilines is 1. The smallest absolute Gasteiger partial charge is 0.321 e. The second-order valence-corrected chi connectivity index (χ2v) is 7.83. The number of hydrogen-bond donors (Lipinski definition) is 1. The third-order valence-corrected chi connectivity index (χ3v) is 5.36. The average Bonchev–Trinajstić information content (AvgIpc) is 3.25. The minimum absolute atomic E-state index is 0.204. The van der Waals surface area contributed by atoms with E-state index < -0.39 is 0 Å². The van der Waals surface area contributed by atoms with Crippen LogP contribution in [0.15, 0.2) is 32.4 Å². The predicted octanol–water partition coefficient (Wildman–Crippen LogP) is 4.47. The number of hydrogen-bond acceptors (Lipinski definition) is 6. The van der Waals surface area contributed by atoms with E-state index in [1.54, 1.807) is 29.8 Å². The number of carbonyl (C=O) groups is 1. The van der Waals surface area contributed by atoms with Crippen molar-refractivity contribution in [2.24, 2.45) is 0 Å². The maximum atomic E-state index is 12.6. The summed E-state index contributed by atoms with van der Waals surface area (Å²) in [6.07, 6.45) is 4.20. The van der Waals surface area contributed by atoms with Crippen molar-refractivity contribution in [3.05, 3.63) is 35.2 Å². The molecule has 1 N–H and O–H groups in total. The largest absolute Gasteiger partial charge is 0.431 e. The minimum atomic E-state index is -0.204. The lowest BCUT2D eigenvalue weighted by atomic mass is 9.96. The minimum Gasteiger partial charge on any atom is -0.431 e. The first-order valence-corrected chi connectivity index (χ1v) is 10.1. The number of thioether (sulfide) groups is 1. The zero-order chi connectivity index (χ0) is 18.8. The van der Waals surface area contributed by atoms with Crippen LogP contribution < -0.4 is 5.32 Å². The average molecular weight is 386 g/mol. The summed E-state index contributed by atoms with van der Waals surface area (Å²) >= 11 is 1.55. The van der Waals surface area contributed by atoms with Gasteiger partial charge in [-0.05, 0) is 37.1 Å². The number of carbonyl (C=O) groups excluding carboxylic acids is 1. The molecule has 0 aliphatic heterocycles. The van der Waals surface area contributed by atoms with E-state index in [4.69, 9.17) is 8.94 Å². The highest BCUT2D eigenvalue weighted by Crippen LogP contribution is 2.27. The van der Waals surface area contributed by atoms with Gasteiger partial charge in [0, 0.05) is 30.8 Å². The molecule has 3 aromatic rings. The number of amides is 2. The van der Waals surface area contributed by atoms with Crippen molar-refractivity contribution < 1.29 is 13.7 Å². The summed E-state index contributed by atoms with van der Waals surface area (Å²) in [5.74, 6) is 1.87. The van der Waals surface area contributed by atoms with E-state index in [2.05, 4.69) is 15.5 Å². The first kappa shape index (κ1) is 17.9. The number of nitrogens with one attached hydrogen (secondary N) is 1. The molecule has 0 saturated heterocycles. The summed E-state index contributed by atoms with van der Waals surface area (Å²) in [7, 11) is 1.75. The Morgan fingerprint density at radius 1 is 1.33 bits per heavy atom. The highest BCUT2D eigenvalue weighted by atomic mass is 32.2. The third kappa shape index (κ3) is 3.80. The van der Waals surface area contributed by atoms with Crippen LogP contribution in [0.1, 0.15) is 36.8 Å². The number of aromatic nitrogens is 2. The molecule has 4 rings (SSSR count). The molecule has 0 radical (unpaired) electrons. The van der Waals surface area contributed by atoms with Gasteiger partial charge in [0.1, 0.15) is 17.0 Å². The molecule has 1 aliphatic carbocycles. The van der Waals surface area contributed by atoms with Crippen molar-refractivity contribution in [2.45, 2.75) is 44.4 Å². The van der Waals surface area contributed by atoms with Crippen molar-refractivity contribution in [3.63, 3.8) is 0 Å². The fourth-order valence-corrected chi connectivity index (χ4v) is 3.81. The van der Waals surface area contributed by atoms with Crippen LogP contribution in [0.4, 0.5) is 10.5 Å². The summed E-state index contributed by atoms with van der Waals surface area (Å²) in [5, 5.41) is 7.71. The molecule has 142 valence electrons. The van der Waals surface area contributed by atoms with Crippen LogP contribution in [0.25, 0.3) is 11.1 Å². The van der Waals surface area contributed by atoms with Crippen LogP contribution in [0, 0.1) is 0 Å². The summed E-state index contributed by atoms with van der Waals surface area (Å²) in [6, 6.07) is 5.27. The fraction of sp³-hybridized carbons (Fsp3) is 0.421. The first-order valence-electron chi connectivity index (χ1n) is 9.16. The molecule has 0 atom stereocenters. The molecule has 2 amide bonds. The Bertz CT molecular complexity index is 965. The number of fused-ring (bicyclic) bond motifs is 2. The Balaban J connectivity index is 1.43. The fourth-order valence-electron chi connectivity index (χ4n) is 3.25. The topological polar surface area (TPSA) is 84.4 Å². The van der Waals surface area contributed by atoms with Gasteiger partial charge in [-0.15, -0.1) is 0 Å². The Labute approximate surface area is 161 Å². The van der Waals surface area contributed by atoms with Gasteiger partial charge in [-0.25, -0.2) is 9.78 Å². The molecule has 0 spiro atoms. The van der Waals surface area contributed by atoms with E-state index in [9.17, 15) is 4.79 Å². The molecule has 0 bridgehead atoms. The number of oxazole rings is 1. The van der Waals surface area contributed by atoms with Crippen molar-refractivity contribution in [1.82, 2.24) is 15.0 Å². The molecule has 2 heterocycles. The molecule has 0 saturated carbocycles. The van der Waals surface area contributed by atoms with Gasteiger partial charge in [-0.3, -0.25) is 0 Å². The zero-order valence-electron chi connectivity index (χ0n) is 15.4. The Kier molecular flexibility index (Phi) is 5.07. The molecule has 8 heteroatoms. The van der Waals surface area contributed by atoms with E-state index >= 15 is 0 Å². The van der Waals surface area contributed by atoms with E-state index in [0.717, 1.165) is 48.4 Å². The molecular formula is C19H22N4O3S. The summed E-state index contributed by atoms with van der Waals surface area (Å²) in [5.41, 5.74) is 4.15. The molecule has 0 unspecified atom stereocenters. The second kappa shape index (κ2) is 7.64. The monoisotopic (exact) mass is 386 g/mol. The van der Waals surface area contributed by atoms with Gasteiger partial charge in [0.2, 0.25) is 0 Å². The maximum absolute atomic E-state index is 12.6. The Morgan fingerprint density at radius 3 is 3.04 bits per heavy atom. The molecule has 1 aliphatic rings.